The molecule has 132 valence electrons. The lowest BCUT2D eigenvalue weighted by atomic mass is 10.1. The molecule has 0 saturated heterocycles. The molecule has 1 heterocycles. The highest BCUT2D eigenvalue weighted by Gasteiger charge is 2.14. The number of guanidine groups is 1. The summed E-state index contributed by atoms with van der Waals surface area (Å²) in [4.78, 5) is 7.61. The predicted octanol–water partition coefficient (Wildman–Crippen LogP) is 3.47. The number of rotatable bonds is 6. The number of nitrogens with one attached hydrogen (secondary N) is 2. The summed E-state index contributed by atoms with van der Waals surface area (Å²) in [6.45, 7) is 1.43. The number of aliphatic imine (C=N–C) groups is 1. The third-order valence-electron chi connectivity index (χ3n) is 3.57. The van der Waals surface area contributed by atoms with E-state index < -0.39 is 0 Å². The Morgan fingerprint density at radius 3 is 2.46 bits per heavy atom. The van der Waals surface area contributed by atoms with Gasteiger partial charge in [-0.1, -0.05) is 18.2 Å². The molecular formula is C17H24FIN4S. The highest BCUT2D eigenvalue weighted by atomic mass is 127. The molecule has 2 rings (SSSR count). The van der Waals surface area contributed by atoms with Gasteiger partial charge in [0.15, 0.2) is 5.96 Å². The summed E-state index contributed by atoms with van der Waals surface area (Å²) >= 11 is 1.71. The lowest BCUT2D eigenvalue weighted by Gasteiger charge is -2.26. The number of likely N-dealkylation sites (N-methyl/N-ethyl adjacent to an activating group) is 1. The van der Waals surface area contributed by atoms with Gasteiger partial charge in [-0.3, -0.25) is 4.99 Å². The topological polar surface area (TPSA) is 39.7 Å². The average Bonchev–Trinajstić information content (AvgIpc) is 3.05. The van der Waals surface area contributed by atoms with Crippen LogP contribution in [0.15, 0.2) is 46.8 Å². The van der Waals surface area contributed by atoms with Crippen molar-refractivity contribution in [1.82, 2.24) is 15.5 Å². The van der Waals surface area contributed by atoms with Crippen molar-refractivity contribution in [3.63, 3.8) is 0 Å². The predicted molar refractivity (Wildman–Crippen MR) is 111 cm³/mol. The minimum absolute atomic E-state index is 0. The molecule has 4 nitrogen and oxygen atoms in total. The third kappa shape index (κ3) is 6.37. The van der Waals surface area contributed by atoms with Crippen LogP contribution in [-0.4, -0.2) is 38.5 Å². The van der Waals surface area contributed by atoms with Crippen LogP contribution in [-0.2, 0) is 6.54 Å². The van der Waals surface area contributed by atoms with Gasteiger partial charge < -0.3 is 15.5 Å². The maximum absolute atomic E-state index is 13.1. The summed E-state index contributed by atoms with van der Waals surface area (Å²) in [6, 6.07) is 10.9. The first-order valence-electron chi connectivity index (χ1n) is 7.49. The van der Waals surface area contributed by atoms with E-state index in [2.05, 4.69) is 32.0 Å². The number of thiophene rings is 1. The lowest BCUT2D eigenvalue weighted by molar-refractivity contribution is 0.298. The zero-order valence-electron chi connectivity index (χ0n) is 14.1. The highest BCUT2D eigenvalue weighted by molar-refractivity contribution is 14.0. The van der Waals surface area contributed by atoms with Gasteiger partial charge in [-0.15, -0.1) is 35.3 Å². The van der Waals surface area contributed by atoms with E-state index >= 15 is 0 Å². The Labute approximate surface area is 164 Å². The number of halogens is 2. The van der Waals surface area contributed by atoms with Crippen molar-refractivity contribution < 1.29 is 4.39 Å². The maximum atomic E-state index is 13.1. The van der Waals surface area contributed by atoms with Crippen LogP contribution in [0.25, 0.3) is 0 Å². The van der Waals surface area contributed by atoms with E-state index in [0.717, 1.165) is 18.1 Å². The maximum Gasteiger partial charge on any atom is 0.191 e. The fourth-order valence-electron chi connectivity index (χ4n) is 2.28. The molecule has 0 aliphatic carbocycles. The molecule has 1 aromatic carbocycles. The molecule has 1 unspecified atom stereocenters. The molecule has 0 aliphatic heterocycles. The largest absolute Gasteiger partial charge is 0.354 e. The van der Waals surface area contributed by atoms with Gasteiger partial charge in [0, 0.05) is 18.5 Å². The fourth-order valence-corrected chi connectivity index (χ4v) is 2.93. The molecule has 0 saturated carbocycles. The van der Waals surface area contributed by atoms with Crippen molar-refractivity contribution in [1.29, 1.82) is 0 Å². The van der Waals surface area contributed by atoms with Crippen molar-refractivity contribution in [2.45, 2.75) is 12.6 Å². The van der Waals surface area contributed by atoms with E-state index in [1.165, 1.54) is 17.0 Å². The molecular weight excluding hydrogens is 438 g/mol. The van der Waals surface area contributed by atoms with Gasteiger partial charge in [0.05, 0.1) is 12.6 Å². The Hall–Kier alpha value is -1.19. The summed E-state index contributed by atoms with van der Waals surface area (Å²) in [5, 5.41) is 8.69. The SMILES string of the molecule is CN=C(NCc1cccs1)NCC(c1ccc(F)cc1)N(C)C.I. The minimum Gasteiger partial charge on any atom is -0.354 e. The molecule has 7 heteroatoms. The van der Waals surface area contributed by atoms with Crippen LogP contribution >= 0.6 is 35.3 Å². The zero-order chi connectivity index (χ0) is 16.7. The quantitative estimate of drug-likeness (QED) is 0.393. The second-order valence-electron chi connectivity index (χ2n) is 5.42. The summed E-state index contributed by atoms with van der Waals surface area (Å²) in [6.07, 6.45) is 0. The average molecular weight is 462 g/mol. The molecule has 0 fully saturated rings. The van der Waals surface area contributed by atoms with Crippen LogP contribution in [0.2, 0.25) is 0 Å². The second kappa shape index (κ2) is 10.6. The normalized spacial score (nSPS) is 12.6. The Morgan fingerprint density at radius 2 is 1.92 bits per heavy atom. The van der Waals surface area contributed by atoms with Gasteiger partial charge in [-0.05, 0) is 43.2 Å². The van der Waals surface area contributed by atoms with Gasteiger partial charge in [-0.2, -0.15) is 0 Å². The molecule has 0 spiro atoms. The van der Waals surface area contributed by atoms with Crippen LogP contribution in [0, 0.1) is 5.82 Å². The lowest BCUT2D eigenvalue weighted by Crippen LogP contribution is -2.41. The summed E-state index contributed by atoms with van der Waals surface area (Å²) in [7, 11) is 5.78. The molecule has 2 aromatic rings. The van der Waals surface area contributed by atoms with Gasteiger partial charge in [0.1, 0.15) is 5.82 Å². The monoisotopic (exact) mass is 462 g/mol. The van der Waals surface area contributed by atoms with Crippen LogP contribution in [0.1, 0.15) is 16.5 Å². The first-order chi connectivity index (χ1) is 11.1. The first-order valence-corrected chi connectivity index (χ1v) is 8.37. The first kappa shape index (κ1) is 20.9. The van der Waals surface area contributed by atoms with E-state index in [0.29, 0.717) is 6.54 Å². The van der Waals surface area contributed by atoms with E-state index in [1.54, 1.807) is 18.4 Å². The molecule has 0 radical (unpaired) electrons. The summed E-state index contributed by atoms with van der Waals surface area (Å²) in [5.74, 6) is 0.542. The second-order valence-corrected chi connectivity index (χ2v) is 6.45. The van der Waals surface area contributed by atoms with Gasteiger partial charge in [0.2, 0.25) is 0 Å². The molecule has 1 atom stereocenters. The molecule has 0 amide bonds. The fraction of sp³-hybridized carbons (Fsp3) is 0.353. The summed E-state index contributed by atoms with van der Waals surface area (Å²) < 4.78 is 13.1. The Bertz CT molecular complexity index is 614. The molecule has 1 aromatic heterocycles. The Morgan fingerprint density at radius 1 is 1.21 bits per heavy atom. The molecule has 24 heavy (non-hydrogen) atoms. The number of benzene rings is 1. The van der Waals surface area contributed by atoms with Crippen molar-refractivity contribution in [3.8, 4) is 0 Å². The standard InChI is InChI=1S/C17H23FN4S.HI/c1-19-17(20-11-15-5-4-10-23-15)21-12-16(22(2)3)13-6-8-14(18)9-7-13;/h4-10,16H,11-12H2,1-3H3,(H2,19,20,21);1H. The van der Waals surface area contributed by atoms with E-state index in [4.69, 9.17) is 0 Å². The van der Waals surface area contributed by atoms with Gasteiger partial charge >= 0.3 is 0 Å². The third-order valence-corrected chi connectivity index (χ3v) is 4.45. The number of hydrogen-bond donors (Lipinski definition) is 2. The molecule has 2 N–H and O–H groups in total. The highest BCUT2D eigenvalue weighted by Crippen LogP contribution is 2.17. The van der Waals surface area contributed by atoms with E-state index in [9.17, 15) is 4.39 Å². The summed E-state index contributed by atoms with van der Waals surface area (Å²) in [5.41, 5.74) is 1.07. The van der Waals surface area contributed by atoms with Crippen LogP contribution in [0.4, 0.5) is 4.39 Å². The number of hydrogen-bond acceptors (Lipinski definition) is 3. The van der Waals surface area contributed by atoms with Gasteiger partial charge in [0.25, 0.3) is 0 Å². The van der Waals surface area contributed by atoms with Crippen molar-refractivity contribution in [2.75, 3.05) is 27.7 Å². The van der Waals surface area contributed by atoms with E-state index in [-0.39, 0.29) is 35.8 Å². The Kier molecular flexibility index (Phi) is 9.24. The van der Waals surface area contributed by atoms with Crippen LogP contribution in [0.5, 0.6) is 0 Å². The van der Waals surface area contributed by atoms with Crippen molar-refractivity contribution in [3.05, 3.63) is 58.0 Å². The Balaban J connectivity index is 0.00000288. The molecule has 0 aliphatic rings. The van der Waals surface area contributed by atoms with Crippen LogP contribution in [0.3, 0.4) is 0 Å². The molecule has 0 bridgehead atoms. The van der Waals surface area contributed by atoms with Crippen LogP contribution < -0.4 is 10.6 Å². The van der Waals surface area contributed by atoms with Crippen molar-refractivity contribution >= 4 is 41.3 Å². The smallest absolute Gasteiger partial charge is 0.191 e. The van der Waals surface area contributed by atoms with Crippen molar-refractivity contribution in [2.24, 2.45) is 4.99 Å². The van der Waals surface area contributed by atoms with Gasteiger partial charge in [-0.25, -0.2) is 4.39 Å². The number of nitrogens with zero attached hydrogens (tertiary/aromatic N) is 2. The minimum atomic E-state index is -0.215. The van der Waals surface area contributed by atoms with E-state index in [1.807, 2.05) is 32.3 Å². The zero-order valence-corrected chi connectivity index (χ0v) is 17.3.